The van der Waals surface area contributed by atoms with Crippen LogP contribution >= 0.6 is 0 Å². The Balaban J connectivity index is 1.41. The van der Waals surface area contributed by atoms with Crippen molar-refractivity contribution in [3.8, 4) is 0 Å². The van der Waals surface area contributed by atoms with Gasteiger partial charge in [-0.1, -0.05) is 6.42 Å². The van der Waals surface area contributed by atoms with Gasteiger partial charge in [-0.25, -0.2) is 0 Å². The van der Waals surface area contributed by atoms with Gasteiger partial charge in [0.1, 0.15) is 0 Å². The summed E-state index contributed by atoms with van der Waals surface area (Å²) in [6, 6.07) is 0.882. The van der Waals surface area contributed by atoms with Crippen molar-refractivity contribution in [3.63, 3.8) is 0 Å². The Hall–Kier alpha value is -0.0800. The van der Waals surface area contributed by atoms with Gasteiger partial charge in [0.15, 0.2) is 0 Å². The molecule has 2 fully saturated rings. The molecule has 0 aromatic heterocycles. The van der Waals surface area contributed by atoms with Gasteiger partial charge in [0.2, 0.25) is 0 Å². The number of nitrogens with one attached hydrogen (secondary N) is 1. The molecule has 2 nitrogen and oxygen atoms in total. The van der Waals surface area contributed by atoms with Gasteiger partial charge in [-0.05, 0) is 51.0 Å². The standard InChI is InChI=1S/C12H23NO/c1(2-8-13-12-6-7-12)4-11-5-3-9-14-10-11/h11-13H,1-10H2. The second-order valence-electron chi connectivity index (χ2n) is 4.81. The highest BCUT2D eigenvalue weighted by Crippen LogP contribution is 2.20. The average molecular weight is 197 g/mol. The Kier molecular flexibility index (Phi) is 4.26. The molecule has 14 heavy (non-hydrogen) atoms. The summed E-state index contributed by atoms with van der Waals surface area (Å²) in [6.45, 7) is 3.26. The Bertz CT molecular complexity index is 150. The maximum atomic E-state index is 5.47. The summed E-state index contributed by atoms with van der Waals surface area (Å²) < 4.78 is 5.47. The van der Waals surface area contributed by atoms with Crippen molar-refractivity contribution in [1.82, 2.24) is 5.32 Å². The highest BCUT2D eigenvalue weighted by Gasteiger charge is 2.19. The molecule has 2 aliphatic rings. The number of unbranched alkanes of at least 4 members (excludes halogenated alkanes) is 1. The van der Waals surface area contributed by atoms with E-state index < -0.39 is 0 Å². The second kappa shape index (κ2) is 5.72. The van der Waals surface area contributed by atoms with Crippen molar-refractivity contribution in [2.45, 2.75) is 51.0 Å². The molecule has 0 amide bonds. The van der Waals surface area contributed by atoms with Crippen LogP contribution in [0.5, 0.6) is 0 Å². The van der Waals surface area contributed by atoms with Crippen LogP contribution in [0.4, 0.5) is 0 Å². The fourth-order valence-electron chi connectivity index (χ4n) is 2.19. The topological polar surface area (TPSA) is 21.3 Å². The van der Waals surface area contributed by atoms with Gasteiger partial charge >= 0.3 is 0 Å². The van der Waals surface area contributed by atoms with E-state index in [9.17, 15) is 0 Å². The van der Waals surface area contributed by atoms with Crippen molar-refractivity contribution in [2.24, 2.45) is 5.92 Å². The van der Waals surface area contributed by atoms with E-state index in [0.29, 0.717) is 0 Å². The SMILES string of the molecule is C(CCC1CCCOC1)CNC1CC1. The summed E-state index contributed by atoms with van der Waals surface area (Å²) in [5, 5.41) is 3.56. The zero-order valence-corrected chi connectivity index (χ0v) is 9.13. The molecule has 0 aromatic carbocycles. The number of ether oxygens (including phenoxy) is 1. The van der Waals surface area contributed by atoms with Crippen LogP contribution < -0.4 is 5.32 Å². The number of hydrogen-bond acceptors (Lipinski definition) is 2. The molecule has 1 N–H and O–H groups in total. The van der Waals surface area contributed by atoms with Gasteiger partial charge in [0.05, 0.1) is 0 Å². The third kappa shape index (κ3) is 3.97. The van der Waals surface area contributed by atoms with Crippen LogP contribution in [0.1, 0.15) is 44.9 Å². The summed E-state index contributed by atoms with van der Waals surface area (Å²) >= 11 is 0. The van der Waals surface area contributed by atoms with Crippen LogP contribution in [-0.4, -0.2) is 25.8 Å². The van der Waals surface area contributed by atoms with Crippen LogP contribution in [0.3, 0.4) is 0 Å². The minimum Gasteiger partial charge on any atom is -0.381 e. The maximum Gasteiger partial charge on any atom is 0.0494 e. The largest absolute Gasteiger partial charge is 0.381 e. The van der Waals surface area contributed by atoms with Gasteiger partial charge < -0.3 is 10.1 Å². The molecule has 1 saturated heterocycles. The van der Waals surface area contributed by atoms with Gasteiger partial charge in [0.25, 0.3) is 0 Å². The fraction of sp³-hybridized carbons (Fsp3) is 1.00. The van der Waals surface area contributed by atoms with E-state index in [2.05, 4.69) is 5.32 Å². The average Bonchev–Trinajstić information content (AvgIpc) is 3.03. The lowest BCUT2D eigenvalue weighted by Crippen LogP contribution is -2.19. The van der Waals surface area contributed by atoms with Gasteiger partial charge in [-0.3, -0.25) is 0 Å². The van der Waals surface area contributed by atoms with Gasteiger partial charge in [-0.15, -0.1) is 0 Å². The van der Waals surface area contributed by atoms with E-state index in [1.165, 1.54) is 51.5 Å². The highest BCUT2D eigenvalue weighted by molar-refractivity contribution is 4.80. The quantitative estimate of drug-likeness (QED) is 0.660. The Morgan fingerprint density at radius 3 is 2.79 bits per heavy atom. The number of hydrogen-bond donors (Lipinski definition) is 1. The molecular formula is C12H23NO. The Morgan fingerprint density at radius 1 is 1.14 bits per heavy atom. The van der Waals surface area contributed by atoms with Crippen LogP contribution in [0.25, 0.3) is 0 Å². The molecule has 1 unspecified atom stereocenters. The minimum atomic E-state index is 0.865. The highest BCUT2D eigenvalue weighted by atomic mass is 16.5. The summed E-state index contributed by atoms with van der Waals surface area (Å²) in [7, 11) is 0. The van der Waals surface area contributed by atoms with Crippen LogP contribution in [0, 0.1) is 5.92 Å². The smallest absolute Gasteiger partial charge is 0.0494 e. The zero-order valence-electron chi connectivity index (χ0n) is 9.13. The van der Waals surface area contributed by atoms with Crippen molar-refractivity contribution < 1.29 is 4.74 Å². The van der Waals surface area contributed by atoms with Crippen molar-refractivity contribution in [1.29, 1.82) is 0 Å². The first kappa shape index (κ1) is 10.4. The fourth-order valence-corrected chi connectivity index (χ4v) is 2.19. The minimum absolute atomic E-state index is 0.865. The molecule has 1 aliphatic carbocycles. The zero-order chi connectivity index (χ0) is 9.64. The molecule has 0 spiro atoms. The van der Waals surface area contributed by atoms with Gasteiger partial charge in [-0.2, -0.15) is 0 Å². The van der Waals surface area contributed by atoms with Crippen molar-refractivity contribution in [2.75, 3.05) is 19.8 Å². The molecule has 1 aliphatic heterocycles. The van der Waals surface area contributed by atoms with E-state index in [1.807, 2.05) is 0 Å². The molecule has 2 rings (SSSR count). The predicted molar refractivity (Wildman–Crippen MR) is 58.4 cm³/mol. The lowest BCUT2D eigenvalue weighted by Gasteiger charge is -2.21. The molecule has 0 radical (unpaired) electrons. The normalized spacial score (nSPS) is 27.9. The molecule has 2 heteroatoms. The first-order valence-corrected chi connectivity index (χ1v) is 6.26. The summed E-state index contributed by atoms with van der Waals surface area (Å²) in [4.78, 5) is 0. The third-order valence-electron chi connectivity index (χ3n) is 3.30. The molecule has 1 heterocycles. The number of rotatable bonds is 6. The maximum absolute atomic E-state index is 5.47. The molecule has 1 saturated carbocycles. The Labute approximate surface area is 87.4 Å². The first-order chi connectivity index (χ1) is 6.95. The molecule has 0 bridgehead atoms. The lowest BCUT2D eigenvalue weighted by molar-refractivity contribution is 0.0508. The molecule has 0 aromatic rings. The van der Waals surface area contributed by atoms with E-state index in [0.717, 1.165) is 25.2 Å². The Morgan fingerprint density at radius 2 is 2.07 bits per heavy atom. The summed E-state index contributed by atoms with van der Waals surface area (Å²) in [6.07, 6.45) is 9.63. The van der Waals surface area contributed by atoms with Crippen LogP contribution in [0.2, 0.25) is 0 Å². The van der Waals surface area contributed by atoms with E-state index in [-0.39, 0.29) is 0 Å². The van der Waals surface area contributed by atoms with Crippen molar-refractivity contribution >= 4 is 0 Å². The van der Waals surface area contributed by atoms with Crippen LogP contribution in [0.15, 0.2) is 0 Å². The second-order valence-corrected chi connectivity index (χ2v) is 4.81. The first-order valence-electron chi connectivity index (χ1n) is 6.26. The van der Waals surface area contributed by atoms with E-state index in [4.69, 9.17) is 4.74 Å². The van der Waals surface area contributed by atoms with Crippen LogP contribution in [-0.2, 0) is 4.74 Å². The molecule has 1 atom stereocenters. The third-order valence-corrected chi connectivity index (χ3v) is 3.30. The summed E-state index contributed by atoms with van der Waals surface area (Å²) in [5.41, 5.74) is 0. The lowest BCUT2D eigenvalue weighted by atomic mass is 9.96. The van der Waals surface area contributed by atoms with E-state index in [1.54, 1.807) is 0 Å². The van der Waals surface area contributed by atoms with Crippen molar-refractivity contribution in [3.05, 3.63) is 0 Å². The monoisotopic (exact) mass is 197 g/mol. The molecular weight excluding hydrogens is 174 g/mol. The van der Waals surface area contributed by atoms with Gasteiger partial charge in [0, 0.05) is 19.3 Å². The predicted octanol–water partition coefficient (Wildman–Crippen LogP) is 2.34. The van der Waals surface area contributed by atoms with E-state index >= 15 is 0 Å². The summed E-state index contributed by atoms with van der Waals surface area (Å²) in [5.74, 6) is 0.865. The molecule has 82 valence electrons.